The summed E-state index contributed by atoms with van der Waals surface area (Å²) in [5.74, 6) is 0. The first-order valence-electron chi connectivity index (χ1n) is 6.92. The molecule has 0 atom stereocenters. The molecule has 0 N–H and O–H groups in total. The van der Waals surface area contributed by atoms with Crippen molar-refractivity contribution in [2.24, 2.45) is 0 Å². The monoisotopic (exact) mass is 308 g/mol. The van der Waals surface area contributed by atoms with Crippen molar-refractivity contribution in [3.63, 3.8) is 0 Å². The summed E-state index contributed by atoms with van der Waals surface area (Å²) in [7, 11) is 4.02. The summed E-state index contributed by atoms with van der Waals surface area (Å²) in [6, 6.07) is 17.7. The number of rotatable bonds is 4. The lowest BCUT2D eigenvalue weighted by molar-refractivity contribution is 1.13. The van der Waals surface area contributed by atoms with E-state index in [-0.39, 0.29) is 0 Å². The van der Waals surface area contributed by atoms with Gasteiger partial charge in [0.25, 0.3) is 0 Å². The van der Waals surface area contributed by atoms with Crippen LogP contribution in [0.1, 0.15) is 11.1 Å². The van der Waals surface area contributed by atoms with Gasteiger partial charge in [-0.3, -0.25) is 0 Å². The molecule has 0 radical (unpaired) electrons. The van der Waals surface area contributed by atoms with Crippen molar-refractivity contribution >= 4 is 28.9 Å². The average Bonchev–Trinajstić information content (AvgIpc) is 2.53. The highest BCUT2D eigenvalue weighted by atomic mass is 35.5. The van der Waals surface area contributed by atoms with Crippen LogP contribution in [0.4, 0.5) is 5.69 Å². The summed E-state index contributed by atoms with van der Waals surface area (Å²) in [6.45, 7) is 0. The number of anilines is 1. The quantitative estimate of drug-likeness (QED) is 0.585. The Bertz CT molecular complexity index is 735. The second-order valence-corrected chi connectivity index (χ2v) is 5.42. The normalized spacial score (nSPS) is 11.5. The van der Waals surface area contributed by atoms with E-state index in [4.69, 9.17) is 11.6 Å². The third-order valence-corrected chi connectivity index (χ3v) is 3.58. The van der Waals surface area contributed by atoms with E-state index in [1.807, 2.05) is 56.6 Å². The van der Waals surface area contributed by atoms with Crippen LogP contribution < -0.4 is 4.90 Å². The molecule has 110 valence electrons. The number of nitrogens with zero attached hydrogens (tertiary/aromatic N) is 2. The van der Waals surface area contributed by atoms with E-state index in [1.165, 1.54) is 0 Å². The number of allylic oxidation sites excluding steroid dienone is 3. The van der Waals surface area contributed by atoms with Gasteiger partial charge in [0, 0.05) is 30.4 Å². The number of benzene rings is 2. The topological polar surface area (TPSA) is 27.0 Å². The van der Waals surface area contributed by atoms with E-state index < -0.39 is 0 Å². The summed E-state index contributed by atoms with van der Waals surface area (Å²) in [5, 5.41) is 9.86. The van der Waals surface area contributed by atoms with Gasteiger partial charge in [-0.2, -0.15) is 5.26 Å². The maximum atomic E-state index is 9.28. The van der Waals surface area contributed by atoms with Gasteiger partial charge < -0.3 is 4.90 Å². The standard InChI is InChI=1S/C19H17ClN2/c1-22(2)17-12-10-15(11-13-17)6-5-7-16(14-21)18-8-3-4-9-19(18)20/h3-13H,1-2H3. The van der Waals surface area contributed by atoms with Crippen molar-refractivity contribution in [3.05, 3.63) is 76.8 Å². The Labute approximate surface area is 136 Å². The molecule has 2 nitrogen and oxygen atoms in total. The van der Waals surface area contributed by atoms with Crippen LogP contribution in [0.5, 0.6) is 0 Å². The highest BCUT2D eigenvalue weighted by molar-refractivity contribution is 6.32. The molecular weight excluding hydrogens is 292 g/mol. The predicted molar refractivity (Wildman–Crippen MR) is 94.8 cm³/mol. The first-order valence-corrected chi connectivity index (χ1v) is 7.30. The molecule has 0 saturated carbocycles. The zero-order chi connectivity index (χ0) is 15.9. The minimum absolute atomic E-state index is 0.548. The summed E-state index contributed by atoms with van der Waals surface area (Å²) in [5.41, 5.74) is 3.53. The average molecular weight is 309 g/mol. The van der Waals surface area contributed by atoms with Crippen LogP contribution in [0, 0.1) is 11.3 Å². The van der Waals surface area contributed by atoms with Crippen molar-refractivity contribution in [1.29, 1.82) is 5.26 Å². The molecule has 0 aliphatic rings. The summed E-state index contributed by atoms with van der Waals surface area (Å²) >= 11 is 6.12. The molecule has 0 aromatic heterocycles. The van der Waals surface area contributed by atoms with Gasteiger partial charge in [-0.1, -0.05) is 54.1 Å². The maximum absolute atomic E-state index is 9.28. The van der Waals surface area contributed by atoms with Crippen LogP contribution in [-0.4, -0.2) is 14.1 Å². The Kier molecular flexibility index (Phi) is 5.41. The fourth-order valence-corrected chi connectivity index (χ4v) is 2.24. The van der Waals surface area contributed by atoms with Gasteiger partial charge >= 0.3 is 0 Å². The first-order chi connectivity index (χ1) is 10.6. The molecule has 22 heavy (non-hydrogen) atoms. The van der Waals surface area contributed by atoms with E-state index in [0.717, 1.165) is 16.8 Å². The highest BCUT2D eigenvalue weighted by Crippen LogP contribution is 2.23. The minimum atomic E-state index is 0.548. The Hall–Kier alpha value is -2.50. The second-order valence-electron chi connectivity index (χ2n) is 5.02. The smallest absolute Gasteiger partial charge is 0.0998 e. The zero-order valence-electron chi connectivity index (χ0n) is 12.6. The molecule has 0 bridgehead atoms. The minimum Gasteiger partial charge on any atom is -0.378 e. The van der Waals surface area contributed by atoms with Crippen LogP contribution in [0.15, 0.2) is 60.7 Å². The number of hydrogen-bond donors (Lipinski definition) is 0. The van der Waals surface area contributed by atoms with Gasteiger partial charge in [-0.05, 0) is 29.8 Å². The van der Waals surface area contributed by atoms with Crippen molar-refractivity contribution in [1.82, 2.24) is 0 Å². The highest BCUT2D eigenvalue weighted by Gasteiger charge is 2.03. The molecule has 0 aliphatic heterocycles. The Balaban J connectivity index is 2.19. The van der Waals surface area contributed by atoms with Crippen LogP contribution in [-0.2, 0) is 0 Å². The van der Waals surface area contributed by atoms with Crippen LogP contribution in [0.3, 0.4) is 0 Å². The van der Waals surface area contributed by atoms with Gasteiger partial charge in [-0.25, -0.2) is 0 Å². The van der Waals surface area contributed by atoms with Crippen molar-refractivity contribution in [2.45, 2.75) is 0 Å². The molecule has 0 saturated heterocycles. The molecular formula is C19H17ClN2. The van der Waals surface area contributed by atoms with Crippen LogP contribution >= 0.6 is 11.6 Å². The fourth-order valence-electron chi connectivity index (χ4n) is 2.01. The van der Waals surface area contributed by atoms with E-state index in [9.17, 15) is 5.26 Å². The van der Waals surface area contributed by atoms with Gasteiger partial charge in [0.15, 0.2) is 0 Å². The van der Waals surface area contributed by atoms with E-state index in [2.05, 4.69) is 23.1 Å². The molecule has 0 spiro atoms. The summed E-state index contributed by atoms with van der Waals surface area (Å²) in [6.07, 6.45) is 5.61. The predicted octanol–water partition coefficient (Wildman–Crippen LogP) is 5.03. The Morgan fingerprint density at radius 2 is 1.77 bits per heavy atom. The van der Waals surface area contributed by atoms with Gasteiger partial charge in [-0.15, -0.1) is 0 Å². The third-order valence-electron chi connectivity index (χ3n) is 3.25. The molecule has 2 aromatic rings. The molecule has 0 fully saturated rings. The van der Waals surface area contributed by atoms with Crippen LogP contribution in [0.25, 0.3) is 11.6 Å². The molecule has 0 aliphatic carbocycles. The lowest BCUT2D eigenvalue weighted by Gasteiger charge is -2.11. The fraction of sp³-hybridized carbons (Fsp3) is 0.105. The molecule has 2 aromatic carbocycles. The number of halogens is 1. The van der Waals surface area contributed by atoms with E-state index in [1.54, 1.807) is 12.1 Å². The van der Waals surface area contributed by atoms with Gasteiger partial charge in [0.05, 0.1) is 11.6 Å². The molecule has 0 unspecified atom stereocenters. The third kappa shape index (κ3) is 4.00. The van der Waals surface area contributed by atoms with Gasteiger partial charge in [0.2, 0.25) is 0 Å². The summed E-state index contributed by atoms with van der Waals surface area (Å²) in [4.78, 5) is 2.05. The lowest BCUT2D eigenvalue weighted by atomic mass is 10.1. The van der Waals surface area contributed by atoms with Crippen LogP contribution in [0.2, 0.25) is 5.02 Å². The largest absolute Gasteiger partial charge is 0.378 e. The lowest BCUT2D eigenvalue weighted by Crippen LogP contribution is -2.07. The van der Waals surface area contributed by atoms with Crippen molar-refractivity contribution in [2.75, 3.05) is 19.0 Å². The number of nitriles is 1. The first kappa shape index (κ1) is 15.9. The Morgan fingerprint density at radius 1 is 1.09 bits per heavy atom. The zero-order valence-corrected chi connectivity index (χ0v) is 13.4. The van der Waals surface area contributed by atoms with E-state index >= 15 is 0 Å². The Morgan fingerprint density at radius 3 is 2.36 bits per heavy atom. The number of hydrogen-bond acceptors (Lipinski definition) is 2. The molecule has 2 rings (SSSR count). The van der Waals surface area contributed by atoms with Crippen molar-refractivity contribution in [3.8, 4) is 6.07 Å². The molecule has 0 heterocycles. The molecule has 3 heteroatoms. The van der Waals surface area contributed by atoms with Crippen molar-refractivity contribution < 1.29 is 0 Å². The van der Waals surface area contributed by atoms with Gasteiger partial charge in [0.1, 0.15) is 0 Å². The SMILES string of the molecule is CN(C)c1ccc(C=CC=C(C#N)c2ccccc2Cl)cc1. The molecule has 0 amide bonds. The maximum Gasteiger partial charge on any atom is 0.0998 e. The summed E-state index contributed by atoms with van der Waals surface area (Å²) < 4.78 is 0. The van der Waals surface area contributed by atoms with E-state index in [0.29, 0.717) is 10.6 Å². The second kappa shape index (κ2) is 7.49.